The van der Waals surface area contributed by atoms with Crippen LogP contribution in [0, 0.1) is 0 Å². The summed E-state index contributed by atoms with van der Waals surface area (Å²) in [5.41, 5.74) is 4.63. The van der Waals surface area contributed by atoms with E-state index >= 15 is 0 Å². The second-order valence-electron chi connectivity index (χ2n) is 6.86. The van der Waals surface area contributed by atoms with Crippen LogP contribution in [0.4, 0.5) is 5.69 Å². The van der Waals surface area contributed by atoms with Crippen LogP contribution < -0.4 is 4.90 Å². The van der Waals surface area contributed by atoms with Crippen molar-refractivity contribution in [3.8, 4) is 0 Å². The van der Waals surface area contributed by atoms with Gasteiger partial charge in [0, 0.05) is 18.8 Å². The Morgan fingerprint density at radius 2 is 1.26 bits per heavy atom. The standard InChI is InChI=1S/C22H39N/c1-5-9-13-20-15-16-21(14-10-6-2)22(19-20)23(17-11-7-3)18-12-8-4/h15-16,19H,5-14,17-18H2,1-4H3. The molecule has 0 N–H and O–H groups in total. The second-order valence-corrected chi connectivity index (χ2v) is 6.86. The Kier molecular flexibility index (Phi) is 10.9. The second kappa shape index (κ2) is 12.4. The van der Waals surface area contributed by atoms with Gasteiger partial charge in [-0.2, -0.15) is 0 Å². The Labute approximate surface area is 145 Å². The molecule has 0 heterocycles. The monoisotopic (exact) mass is 317 g/mol. The minimum Gasteiger partial charge on any atom is -0.371 e. The summed E-state index contributed by atoms with van der Waals surface area (Å²) in [6.45, 7) is 11.6. The molecule has 0 amide bonds. The summed E-state index contributed by atoms with van der Waals surface area (Å²) in [5, 5.41) is 0. The lowest BCUT2D eigenvalue weighted by Crippen LogP contribution is -2.27. The maximum Gasteiger partial charge on any atom is 0.0401 e. The minimum absolute atomic E-state index is 1.22. The van der Waals surface area contributed by atoms with Gasteiger partial charge in [-0.1, -0.05) is 65.5 Å². The Morgan fingerprint density at radius 1 is 0.696 bits per heavy atom. The van der Waals surface area contributed by atoms with E-state index in [1.807, 2.05) is 0 Å². The number of benzene rings is 1. The Bertz CT molecular complexity index is 402. The molecule has 0 aliphatic carbocycles. The molecule has 0 saturated carbocycles. The molecule has 1 rings (SSSR count). The fraction of sp³-hybridized carbons (Fsp3) is 0.727. The number of hydrogen-bond acceptors (Lipinski definition) is 1. The van der Waals surface area contributed by atoms with Gasteiger partial charge >= 0.3 is 0 Å². The summed E-state index contributed by atoms with van der Waals surface area (Å²) in [5.74, 6) is 0. The van der Waals surface area contributed by atoms with Gasteiger partial charge in [0.15, 0.2) is 0 Å². The van der Waals surface area contributed by atoms with Gasteiger partial charge in [-0.25, -0.2) is 0 Å². The first-order valence-electron chi connectivity index (χ1n) is 10.1. The van der Waals surface area contributed by atoms with E-state index in [2.05, 4.69) is 50.8 Å². The Hall–Kier alpha value is -0.980. The van der Waals surface area contributed by atoms with Crippen molar-refractivity contribution in [2.24, 2.45) is 0 Å². The van der Waals surface area contributed by atoms with E-state index in [1.165, 1.54) is 88.5 Å². The number of rotatable bonds is 13. The predicted octanol–water partition coefficient (Wildman–Crippen LogP) is 6.78. The molecule has 1 aromatic rings. The van der Waals surface area contributed by atoms with Crippen LogP contribution in [0.2, 0.25) is 0 Å². The number of nitrogens with zero attached hydrogens (tertiary/aromatic N) is 1. The summed E-state index contributed by atoms with van der Waals surface area (Å²) in [6.07, 6.45) is 12.8. The molecule has 0 radical (unpaired) electrons. The topological polar surface area (TPSA) is 3.24 Å². The van der Waals surface area contributed by atoms with E-state index in [0.29, 0.717) is 0 Å². The Balaban J connectivity index is 3.00. The van der Waals surface area contributed by atoms with Gasteiger partial charge in [0.1, 0.15) is 0 Å². The average Bonchev–Trinajstić information content (AvgIpc) is 2.58. The molecule has 0 aliphatic heterocycles. The van der Waals surface area contributed by atoms with Gasteiger partial charge in [-0.05, 0) is 55.7 Å². The Morgan fingerprint density at radius 3 is 1.83 bits per heavy atom. The molecule has 0 aromatic heterocycles. The fourth-order valence-electron chi connectivity index (χ4n) is 3.07. The fourth-order valence-corrected chi connectivity index (χ4v) is 3.07. The van der Waals surface area contributed by atoms with Crippen molar-refractivity contribution in [3.05, 3.63) is 29.3 Å². The van der Waals surface area contributed by atoms with Crippen LogP contribution >= 0.6 is 0 Å². The molecule has 132 valence electrons. The third kappa shape index (κ3) is 7.42. The zero-order valence-electron chi connectivity index (χ0n) is 16.2. The highest BCUT2D eigenvalue weighted by atomic mass is 15.1. The third-order valence-electron chi connectivity index (χ3n) is 4.67. The van der Waals surface area contributed by atoms with Crippen LogP contribution in [0.5, 0.6) is 0 Å². The van der Waals surface area contributed by atoms with Crippen LogP contribution in [-0.4, -0.2) is 13.1 Å². The van der Waals surface area contributed by atoms with Crippen molar-refractivity contribution in [1.82, 2.24) is 0 Å². The van der Waals surface area contributed by atoms with Gasteiger partial charge in [0.2, 0.25) is 0 Å². The largest absolute Gasteiger partial charge is 0.371 e. The first-order valence-corrected chi connectivity index (χ1v) is 10.1. The minimum atomic E-state index is 1.22. The van der Waals surface area contributed by atoms with E-state index < -0.39 is 0 Å². The van der Waals surface area contributed by atoms with Gasteiger partial charge in [-0.15, -0.1) is 0 Å². The van der Waals surface area contributed by atoms with Gasteiger partial charge in [0.25, 0.3) is 0 Å². The molecule has 1 heteroatoms. The lowest BCUT2D eigenvalue weighted by molar-refractivity contribution is 0.672. The van der Waals surface area contributed by atoms with Gasteiger partial charge in [0.05, 0.1) is 0 Å². The predicted molar refractivity (Wildman–Crippen MR) is 106 cm³/mol. The zero-order chi connectivity index (χ0) is 16.9. The molecule has 0 atom stereocenters. The molecule has 0 fully saturated rings. The lowest BCUT2D eigenvalue weighted by atomic mass is 9.99. The summed E-state index contributed by atoms with van der Waals surface area (Å²) in [4.78, 5) is 2.67. The van der Waals surface area contributed by atoms with Crippen molar-refractivity contribution >= 4 is 5.69 Å². The highest BCUT2D eigenvalue weighted by Gasteiger charge is 2.12. The van der Waals surface area contributed by atoms with Crippen molar-refractivity contribution in [2.45, 2.75) is 91.9 Å². The first-order chi connectivity index (χ1) is 11.3. The van der Waals surface area contributed by atoms with Gasteiger partial charge < -0.3 is 4.90 Å². The van der Waals surface area contributed by atoms with Crippen LogP contribution in [0.1, 0.15) is 90.2 Å². The van der Waals surface area contributed by atoms with Crippen molar-refractivity contribution in [3.63, 3.8) is 0 Å². The molecular weight excluding hydrogens is 278 g/mol. The van der Waals surface area contributed by atoms with Crippen LogP contribution in [0.15, 0.2) is 18.2 Å². The van der Waals surface area contributed by atoms with E-state index in [0.717, 1.165) is 0 Å². The van der Waals surface area contributed by atoms with Crippen LogP contribution in [0.3, 0.4) is 0 Å². The highest BCUT2D eigenvalue weighted by Crippen LogP contribution is 2.26. The van der Waals surface area contributed by atoms with E-state index in [4.69, 9.17) is 0 Å². The molecule has 0 spiro atoms. The number of anilines is 1. The van der Waals surface area contributed by atoms with E-state index in [1.54, 1.807) is 5.56 Å². The molecule has 0 aliphatic rings. The number of aryl methyl sites for hydroxylation is 2. The average molecular weight is 318 g/mol. The van der Waals surface area contributed by atoms with Crippen LogP contribution in [0.25, 0.3) is 0 Å². The molecule has 0 unspecified atom stereocenters. The SMILES string of the molecule is CCCCc1ccc(CCCC)c(N(CCCC)CCCC)c1. The van der Waals surface area contributed by atoms with Crippen molar-refractivity contribution < 1.29 is 0 Å². The van der Waals surface area contributed by atoms with E-state index in [9.17, 15) is 0 Å². The lowest BCUT2D eigenvalue weighted by Gasteiger charge is -2.28. The smallest absolute Gasteiger partial charge is 0.0401 e. The van der Waals surface area contributed by atoms with Gasteiger partial charge in [-0.3, -0.25) is 0 Å². The molecule has 1 aromatic carbocycles. The van der Waals surface area contributed by atoms with Crippen LogP contribution in [-0.2, 0) is 12.8 Å². The summed E-state index contributed by atoms with van der Waals surface area (Å²) in [7, 11) is 0. The maximum atomic E-state index is 2.67. The summed E-state index contributed by atoms with van der Waals surface area (Å²) >= 11 is 0. The number of unbranched alkanes of at least 4 members (excludes halogenated alkanes) is 4. The molecular formula is C22H39N. The molecule has 1 nitrogen and oxygen atoms in total. The molecule has 23 heavy (non-hydrogen) atoms. The van der Waals surface area contributed by atoms with E-state index in [-0.39, 0.29) is 0 Å². The summed E-state index contributed by atoms with van der Waals surface area (Å²) in [6, 6.07) is 7.30. The first kappa shape index (κ1) is 20.1. The normalized spacial score (nSPS) is 11.0. The zero-order valence-corrected chi connectivity index (χ0v) is 16.2. The number of hydrogen-bond donors (Lipinski definition) is 0. The molecule has 0 bridgehead atoms. The summed E-state index contributed by atoms with van der Waals surface area (Å²) < 4.78 is 0. The van der Waals surface area contributed by atoms with Crippen molar-refractivity contribution in [1.29, 1.82) is 0 Å². The quantitative estimate of drug-likeness (QED) is 0.387. The highest BCUT2D eigenvalue weighted by molar-refractivity contribution is 5.56. The van der Waals surface area contributed by atoms with Crippen molar-refractivity contribution in [2.75, 3.05) is 18.0 Å². The molecule has 0 saturated heterocycles. The maximum absolute atomic E-state index is 2.67. The third-order valence-corrected chi connectivity index (χ3v) is 4.67.